The highest BCUT2D eigenvalue weighted by Crippen LogP contribution is 2.21. The lowest BCUT2D eigenvalue weighted by Gasteiger charge is -2.09. The highest BCUT2D eigenvalue weighted by atomic mass is 127. The van der Waals surface area contributed by atoms with Crippen LogP contribution in [0.4, 0.5) is 11.4 Å². The first-order valence-corrected chi connectivity index (χ1v) is 8.22. The fourth-order valence-corrected chi connectivity index (χ4v) is 2.71. The topological polar surface area (TPSA) is 85.2 Å². The molecule has 0 spiro atoms. The number of nitriles is 1. The van der Waals surface area contributed by atoms with Crippen LogP contribution in [0.2, 0.25) is 0 Å². The highest BCUT2D eigenvalue weighted by Gasteiger charge is 2.11. The van der Waals surface area contributed by atoms with Gasteiger partial charge in [-0.2, -0.15) is 5.26 Å². The largest absolute Gasteiger partial charge is 0.508 e. The molecule has 122 valence electrons. The summed E-state index contributed by atoms with van der Waals surface area (Å²) in [6, 6.07) is 12.3. The maximum Gasteiger partial charge on any atom is 0.267 e. The molecule has 0 atom stereocenters. The van der Waals surface area contributed by atoms with E-state index in [4.69, 9.17) is 0 Å². The normalized spacial score (nSPS) is 10.8. The summed E-state index contributed by atoms with van der Waals surface area (Å²) < 4.78 is 1.07. The third-order valence-electron chi connectivity index (χ3n) is 3.38. The summed E-state index contributed by atoms with van der Waals surface area (Å²) in [5, 5.41) is 24.3. The lowest BCUT2D eigenvalue weighted by Crippen LogP contribution is -2.15. The number of phenols is 1. The Morgan fingerprint density at radius 1 is 1.17 bits per heavy atom. The highest BCUT2D eigenvalue weighted by molar-refractivity contribution is 14.1. The third kappa shape index (κ3) is 4.49. The van der Waals surface area contributed by atoms with Gasteiger partial charge in [-0.25, -0.2) is 0 Å². The van der Waals surface area contributed by atoms with Crippen molar-refractivity contribution in [3.8, 4) is 11.8 Å². The minimum atomic E-state index is -0.481. The monoisotopic (exact) mass is 433 g/mol. The molecule has 0 aliphatic carbocycles. The Morgan fingerprint density at radius 3 is 2.46 bits per heavy atom. The first-order chi connectivity index (χ1) is 11.4. The minimum Gasteiger partial charge on any atom is -0.508 e. The predicted molar refractivity (Wildman–Crippen MR) is 103 cm³/mol. The van der Waals surface area contributed by atoms with E-state index in [2.05, 4.69) is 33.2 Å². The van der Waals surface area contributed by atoms with E-state index in [-0.39, 0.29) is 11.3 Å². The number of nitrogens with one attached hydrogen (secondary N) is 2. The molecule has 0 heterocycles. The minimum absolute atomic E-state index is 0.0413. The van der Waals surface area contributed by atoms with Crippen LogP contribution in [-0.2, 0) is 4.79 Å². The fraction of sp³-hybridized carbons (Fsp3) is 0.111. The number of hydrogen-bond acceptors (Lipinski definition) is 4. The van der Waals surface area contributed by atoms with Gasteiger partial charge in [0.1, 0.15) is 17.4 Å². The quantitative estimate of drug-likeness (QED) is 0.294. The summed E-state index contributed by atoms with van der Waals surface area (Å²) in [6.45, 7) is 3.71. The second-order valence-electron chi connectivity index (χ2n) is 5.23. The van der Waals surface area contributed by atoms with Crippen molar-refractivity contribution >= 4 is 39.9 Å². The molecule has 0 aliphatic heterocycles. The summed E-state index contributed by atoms with van der Waals surface area (Å²) in [5.74, 6) is -0.319. The zero-order valence-electron chi connectivity index (χ0n) is 13.2. The summed E-state index contributed by atoms with van der Waals surface area (Å²) in [4.78, 5) is 12.3. The van der Waals surface area contributed by atoms with E-state index in [1.165, 1.54) is 12.3 Å². The van der Waals surface area contributed by atoms with E-state index in [9.17, 15) is 15.2 Å². The molecule has 5 nitrogen and oxygen atoms in total. The molecule has 3 N–H and O–H groups in total. The van der Waals surface area contributed by atoms with Crippen LogP contribution in [-0.4, -0.2) is 11.0 Å². The number of phenolic OH excluding ortho intramolecular Hbond substituents is 1. The molecule has 1 amide bonds. The number of hydrogen-bond donors (Lipinski definition) is 3. The molecule has 2 aromatic rings. The summed E-state index contributed by atoms with van der Waals surface area (Å²) >= 11 is 2.20. The Morgan fingerprint density at radius 2 is 1.83 bits per heavy atom. The van der Waals surface area contributed by atoms with Crippen LogP contribution in [0, 0.1) is 28.7 Å². The number of anilines is 2. The molecule has 0 aliphatic rings. The number of benzene rings is 2. The van der Waals surface area contributed by atoms with Crippen molar-refractivity contribution in [2.45, 2.75) is 13.8 Å². The van der Waals surface area contributed by atoms with Gasteiger partial charge in [0, 0.05) is 21.1 Å². The van der Waals surface area contributed by atoms with Crippen LogP contribution in [0.25, 0.3) is 0 Å². The molecule has 0 unspecified atom stereocenters. The van der Waals surface area contributed by atoms with Gasteiger partial charge in [-0.15, -0.1) is 0 Å². The van der Waals surface area contributed by atoms with Crippen LogP contribution >= 0.6 is 22.6 Å². The first kappa shape index (κ1) is 17.8. The van der Waals surface area contributed by atoms with Gasteiger partial charge >= 0.3 is 0 Å². The van der Waals surface area contributed by atoms with E-state index >= 15 is 0 Å². The van der Waals surface area contributed by atoms with E-state index in [1.807, 2.05) is 38.1 Å². The van der Waals surface area contributed by atoms with Crippen molar-refractivity contribution in [3.05, 3.63) is 62.9 Å². The molecule has 2 rings (SSSR count). The molecule has 0 aromatic heterocycles. The Balaban J connectivity index is 2.15. The molecule has 2 aromatic carbocycles. The average Bonchev–Trinajstić information content (AvgIpc) is 2.52. The third-order valence-corrected chi connectivity index (χ3v) is 4.05. The molecule has 6 heteroatoms. The van der Waals surface area contributed by atoms with Crippen molar-refractivity contribution in [2.24, 2.45) is 0 Å². The number of amides is 1. The van der Waals surface area contributed by atoms with Gasteiger partial charge in [0.05, 0.1) is 0 Å². The number of carbonyl (C=O) groups excluding carboxylic acids is 1. The van der Waals surface area contributed by atoms with Gasteiger partial charge in [0.2, 0.25) is 0 Å². The summed E-state index contributed by atoms with van der Waals surface area (Å²) in [7, 11) is 0. The van der Waals surface area contributed by atoms with Crippen LogP contribution in [0.3, 0.4) is 0 Å². The van der Waals surface area contributed by atoms with Crippen molar-refractivity contribution in [3.63, 3.8) is 0 Å². The first-order valence-electron chi connectivity index (χ1n) is 7.14. The molecule has 0 bridgehead atoms. The van der Waals surface area contributed by atoms with Gasteiger partial charge in [-0.3, -0.25) is 4.79 Å². The SMILES string of the molecule is Cc1cc(O)ccc1N/C=C(/C#N)C(=O)Nc1ccc(I)cc1C. The number of carbonyl (C=O) groups is 1. The van der Waals surface area contributed by atoms with Crippen molar-refractivity contribution in [2.75, 3.05) is 10.6 Å². The second-order valence-corrected chi connectivity index (χ2v) is 6.47. The zero-order chi connectivity index (χ0) is 17.7. The van der Waals surface area contributed by atoms with E-state index in [1.54, 1.807) is 12.1 Å². The number of rotatable bonds is 4. The van der Waals surface area contributed by atoms with Gasteiger partial charge in [0.15, 0.2) is 0 Å². The number of aryl methyl sites for hydroxylation is 2. The lowest BCUT2D eigenvalue weighted by atomic mass is 10.2. The van der Waals surface area contributed by atoms with Gasteiger partial charge in [-0.05, 0) is 84.0 Å². The molecular weight excluding hydrogens is 417 g/mol. The fourth-order valence-electron chi connectivity index (χ4n) is 2.07. The summed E-state index contributed by atoms with van der Waals surface area (Å²) in [5.41, 5.74) is 3.06. The Kier molecular flexibility index (Phi) is 5.82. The number of halogens is 1. The van der Waals surface area contributed by atoms with Crippen LogP contribution in [0.15, 0.2) is 48.2 Å². The van der Waals surface area contributed by atoms with E-state index < -0.39 is 5.91 Å². The maximum atomic E-state index is 12.3. The molecule has 0 fully saturated rings. The average molecular weight is 433 g/mol. The lowest BCUT2D eigenvalue weighted by molar-refractivity contribution is -0.112. The Hall–Kier alpha value is -2.53. The van der Waals surface area contributed by atoms with Gasteiger partial charge in [-0.1, -0.05) is 0 Å². The van der Waals surface area contributed by atoms with Gasteiger partial charge < -0.3 is 15.7 Å². The summed E-state index contributed by atoms with van der Waals surface area (Å²) in [6.07, 6.45) is 1.36. The smallest absolute Gasteiger partial charge is 0.267 e. The standard InChI is InChI=1S/C18H16IN3O2/c1-11-7-14(19)3-5-17(11)22-18(24)13(9-20)10-21-16-6-4-15(23)8-12(16)2/h3-8,10,21,23H,1-2H3,(H,22,24)/b13-10-. The molecule has 0 radical (unpaired) electrons. The van der Waals surface area contributed by atoms with Crippen molar-refractivity contribution < 1.29 is 9.90 Å². The maximum absolute atomic E-state index is 12.3. The van der Waals surface area contributed by atoms with Crippen LogP contribution in [0.1, 0.15) is 11.1 Å². The predicted octanol–water partition coefficient (Wildman–Crippen LogP) is 4.07. The molecule has 0 saturated carbocycles. The Bertz CT molecular complexity index is 854. The molecule has 24 heavy (non-hydrogen) atoms. The van der Waals surface area contributed by atoms with Crippen molar-refractivity contribution in [1.82, 2.24) is 0 Å². The van der Waals surface area contributed by atoms with Crippen LogP contribution in [0.5, 0.6) is 5.75 Å². The number of nitrogens with zero attached hydrogens (tertiary/aromatic N) is 1. The van der Waals surface area contributed by atoms with E-state index in [0.29, 0.717) is 11.4 Å². The molecule has 0 saturated heterocycles. The van der Waals surface area contributed by atoms with Crippen LogP contribution < -0.4 is 10.6 Å². The van der Waals surface area contributed by atoms with E-state index in [0.717, 1.165) is 14.7 Å². The molecular formula is C18H16IN3O2. The van der Waals surface area contributed by atoms with Gasteiger partial charge in [0.25, 0.3) is 5.91 Å². The number of aromatic hydroxyl groups is 1. The Labute approximate surface area is 154 Å². The zero-order valence-corrected chi connectivity index (χ0v) is 15.4. The second kappa shape index (κ2) is 7.84. The van der Waals surface area contributed by atoms with Crippen molar-refractivity contribution in [1.29, 1.82) is 5.26 Å².